The van der Waals surface area contributed by atoms with E-state index in [1.807, 2.05) is 19.1 Å². The number of nitrogens with two attached hydrogens (primary N) is 1. The zero-order chi connectivity index (χ0) is 6.85. The van der Waals surface area contributed by atoms with Crippen LogP contribution in [0.1, 0.15) is 5.69 Å². The minimum absolute atomic E-state index is 0.690. The van der Waals surface area contributed by atoms with Crippen LogP contribution in [-0.2, 0) is 0 Å². The number of hydrogen-bond donors (Lipinski definition) is 1. The van der Waals surface area contributed by atoms with Gasteiger partial charge in [0.2, 0.25) is 0 Å². The lowest BCUT2D eigenvalue weighted by atomic mass is 10.4. The van der Waals surface area contributed by atoms with E-state index in [9.17, 15) is 0 Å². The van der Waals surface area contributed by atoms with Gasteiger partial charge in [-0.05, 0) is 28.9 Å². The number of nitrogens with one attached hydrogen (secondary N) is 1. The minimum atomic E-state index is 0.690. The molecule has 1 aromatic rings. The predicted molar refractivity (Wildman–Crippen MR) is 39.8 cm³/mol. The first-order valence-electron chi connectivity index (χ1n) is 2.64. The minimum Gasteiger partial charge on any atom is -0.287 e. The highest BCUT2D eigenvalue weighted by atomic mass is 79.9. The number of pyridine rings is 1. The maximum atomic E-state index is 5.45. The summed E-state index contributed by atoms with van der Waals surface area (Å²) in [6.07, 6.45) is 0. The Balaban J connectivity index is 3.17. The van der Waals surface area contributed by atoms with Crippen LogP contribution in [-0.4, -0.2) is 0 Å². The Bertz CT molecular complexity index is 222. The first kappa shape index (κ1) is 6.55. The van der Waals surface area contributed by atoms with Crippen molar-refractivity contribution in [1.29, 1.82) is 0 Å². The zero-order valence-electron chi connectivity index (χ0n) is 5.11. The lowest BCUT2D eigenvalue weighted by molar-refractivity contribution is -0.371. The fourth-order valence-electron chi connectivity index (χ4n) is 0.606. The van der Waals surface area contributed by atoms with Crippen LogP contribution >= 0.6 is 15.9 Å². The highest BCUT2D eigenvalue weighted by molar-refractivity contribution is 9.10. The van der Waals surface area contributed by atoms with Gasteiger partial charge in [-0.15, -0.1) is 0 Å². The molecule has 0 spiro atoms. The number of halogens is 1. The quantitative estimate of drug-likeness (QED) is 0.651. The molecule has 0 saturated heterocycles. The molecular formula is C6H8BrN2+. The van der Waals surface area contributed by atoms with Crippen molar-refractivity contribution >= 4 is 21.7 Å². The van der Waals surface area contributed by atoms with Crippen molar-refractivity contribution in [2.24, 2.45) is 0 Å². The number of nitrogen functional groups attached to an aromatic ring is 1. The maximum Gasteiger partial charge on any atom is 0.270 e. The molecule has 0 aliphatic heterocycles. The van der Waals surface area contributed by atoms with Gasteiger partial charge in [0.05, 0.1) is 4.47 Å². The van der Waals surface area contributed by atoms with Gasteiger partial charge in [-0.3, -0.25) is 5.73 Å². The number of aryl methyl sites for hydroxylation is 1. The predicted octanol–water partition coefficient (Wildman–Crippen LogP) is 1.15. The average Bonchev–Trinajstić information content (AvgIpc) is 1.80. The normalized spacial score (nSPS) is 9.56. The number of H-pyrrole nitrogens is 1. The van der Waals surface area contributed by atoms with Crippen molar-refractivity contribution in [3.05, 3.63) is 22.3 Å². The van der Waals surface area contributed by atoms with Gasteiger partial charge in [0.25, 0.3) is 5.82 Å². The zero-order valence-corrected chi connectivity index (χ0v) is 6.70. The SMILES string of the molecule is Cc1[nH+]c(N)ccc1Br. The monoisotopic (exact) mass is 187 g/mol. The van der Waals surface area contributed by atoms with Gasteiger partial charge in [0.1, 0.15) is 5.69 Å². The largest absolute Gasteiger partial charge is 0.287 e. The fraction of sp³-hybridized carbons (Fsp3) is 0.167. The molecule has 0 radical (unpaired) electrons. The van der Waals surface area contributed by atoms with Gasteiger partial charge in [0, 0.05) is 6.07 Å². The van der Waals surface area contributed by atoms with Crippen molar-refractivity contribution in [2.75, 3.05) is 5.73 Å². The summed E-state index contributed by atoms with van der Waals surface area (Å²) in [6, 6.07) is 3.73. The summed E-state index contributed by atoms with van der Waals surface area (Å²) < 4.78 is 1.05. The van der Waals surface area contributed by atoms with E-state index >= 15 is 0 Å². The summed E-state index contributed by atoms with van der Waals surface area (Å²) in [5.74, 6) is 0.690. The van der Waals surface area contributed by atoms with Crippen molar-refractivity contribution in [3.8, 4) is 0 Å². The van der Waals surface area contributed by atoms with Gasteiger partial charge >= 0.3 is 0 Å². The molecule has 0 atom stereocenters. The van der Waals surface area contributed by atoms with E-state index in [1.54, 1.807) is 0 Å². The van der Waals surface area contributed by atoms with E-state index in [0.29, 0.717) is 5.82 Å². The number of rotatable bonds is 0. The van der Waals surface area contributed by atoms with Gasteiger partial charge < -0.3 is 0 Å². The van der Waals surface area contributed by atoms with Crippen LogP contribution in [0, 0.1) is 6.92 Å². The van der Waals surface area contributed by atoms with Crippen LogP contribution in [0.3, 0.4) is 0 Å². The molecule has 1 rings (SSSR count). The molecule has 2 nitrogen and oxygen atoms in total. The molecule has 0 aliphatic rings. The standard InChI is InChI=1S/C6H7BrN2/c1-4-5(7)2-3-6(8)9-4/h2-3H,1H3,(H2,8,9)/p+1. The Morgan fingerprint density at radius 2 is 2.22 bits per heavy atom. The second-order valence-electron chi connectivity index (χ2n) is 1.89. The second kappa shape index (κ2) is 2.35. The van der Waals surface area contributed by atoms with E-state index in [0.717, 1.165) is 10.2 Å². The molecule has 3 N–H and O–H groups in total. The van der Waals surface area contributed by atoms with Gasteiger partial charge in [-0.25, -0.2) is 4.98 Å². The lowest BCUT2D eigenvalue weighted by Crippen LogP contribution is -2.13. The first-order valence-corrected chi connectivity index (χ1v) is 3.43. The Morgan fingerprint density at radius 1 is 1.56 bits per heavy atom. The second-order valence-corrected chi connectivity index (χ2v) is 2.74. The molecule has 9 heavy (non-hydrogen) atoms. The topological polar surface area (TPSA) is 40.2 Å². The number of aromatic amines is 1. The van der Waals surface area contributed by atoms with E-state index in [4.69, 9.17) is 5.73 Å². The van der Waals surface area contributed by atoms with E-state index < -0.39 is 0 Å². The summed E-state index contributed by atoms with van der Waals surface area (Å²) in [4.78, 5) is 2.97. The Morgan fingerprint density at radius 3 is 2.67 bits per heavy atom. The Hall–Kier alpha value is -0.570. The molecule has 3 heteroatoms. The third-order valence-electron chi connectivity index (χ3n) is 1.10. The van der Waals surface area contributed by atoms with E-state index in [1.165, 1.54) is 0 Å². The highest BCUT2D eigenvalue weighted by Gasteiger charge is 1.97. The summed E-state index contributed by atoms with van der Waals surface area (Å²) >= 11 is 3.34. The van der Waals surface area contributed by atoms with E-state index in [-0.39, 0.29) is 0 Å². The van der Waals surface area contributed by atoms with Gasteiger partial charge in [-0.2, -0.15) is 0 Å². The average molecular weight is 188 g/mol. The smallest absolute Gasteiger partial charge is 0.270 e. The number of hydrogen-bond acceptors (Lipinski definition) is 1. The number of anilines is 1. The number of aromatic nitrogens is 1. The summed E-state index contributed by atoms with van der Waals surface area (Å²) in [5, 5.41) is 0. The molecular weight excluding hydrogens is 180 g/mol. The molecule has 1 heterocycles. The molecule has 0 saturated carbocycles. The third-order valence-corrected chi connectivity index (χ3v) is 1.96. The Kier molecular flexibility index (Phi) is 1.71. The maximum absolute atomic E-state index is 5.45. The molecule has 0 amide bonds. The molecule has 0 unspecified atom stereocenters. The third kappa shape index (κ3) is 1.42. The van der Waals surface area contributed by atoms with Crippen LogP contribution < -0.4 is 10.7 Å². The molecule has 0 bridgehead atoms. The lowest BCUT2D eigenvalue weighted by Gasteiger charge is -1.91. The molecule has 1 aromatic heterocycles. The fourth-order valence-corrected chi connectivity index (χ4v) is 0.837. The summed E-state index contributed by atoms with van der Waals surface area (Å²) in [6.45, 7) is 1.96. The van der Waals surface area contributed by atoms with Crippen molar-refractivity contribution in [2.45, 2.75) is 6.92 Å². The Labute approximate surface area is 62.2 Å². The first-order chi connectivity index (χ1) is 4.20. The van der Waals surface area contributed by atoms with Gasteiger partial charge in [-0.1, -0.05) is 0 Å². The molecule has 0 aromatic carbocycles. The summed E-state index contributed by atoms with van der Waals surface area (Å²) in [7, 11) is 0. The van der Waals surface area contributed by atoms with Crippen LogP contribution in [0.25, 0.3) is 0 Å². The molecule has 48 valence electrons. The molecule has 0 fully saturated rings. The van der Waals surface area contributed by atoms with Crippen LogP contribution in [0.5, 0.6) is 0 Å². The van der Waals surface area contributed by atoms with Crippen molar-refractivity contribution in [1.82, 2.24) is 0 Å². The van der Waals surface area contributed by atoms with Crippen LogP contribution in [0.15, 0.2) is 16.6 Å². The van der Waals surface area contributed by atoms with Crippen molar-refractivity contribution in [3.63, 3.8) is 0 Å². The molecule has 0 aliphatic carbocycles. The van der Waals surface area contributed by atoms with Gasteiger partial charge in [0.15, 0.2) is 0 Å². The van der Waals surface area contributed by atoms with Crippen LogP contribution in [0.2, 0.25) is 0 Å². The van der Waals surface area contributed by atoms with E-state index in [2.05, 4.69) is 20.9 Å². The van der Waals surface area contributed by atoms with Crippen LogP contribution in [0.4, 0.5) is 5.82 Å². The summed E-state index contributed by atoms with van der Waals surface area (Å²) in [5.41, 5.74) is 6.50. The highest BCUT2D eigenvalue weighted by Crippen LogP contribution is 2.10. The van der Waals surface area contributed by atoms with Crippen molar-refractivity contribution < 1.29 is 4.98 Å².